The van der Waals surface area contributed by atoms with Gasteiger partial charge in [-0.25, -0.2) is 9.59 Å². The largest absolute Gasteiger partial charge is 0.480 e. The highest BCUT2D eigenvalue weighted by Crippen LogP contribution is 2.36. The summed E-state index contributed by atoms with van der Waals surface area (Å²) in [6, 6.07) is -0.423. The predicted octanol–water partition coefficient (Wildman–Crippen LogP) is 4.73. The molecule has 1 aromatic rings. The molecule has 34 heavy (non-hydrogen) atoms. The molecular formula is C22H27F6N3O3. The van der Waals surface area contributed by atoms with E-state index in [1.807, 2.05) is 6.92 Å². The van der Waals surface area contributed by atoms with Gasteiger partial charge in [-0.15, -0.1) is 0 Å². The van der Waals surface area contributed by atoms with Crippen LogP contribution in [0.3, 0.4) is 0 Å². The Labute approximate surface area is 192 Å². The first-order valence-electron chi connectivity index (χ1n) is 11.1. The van der Waals surface area contributed by atoms with E-state index in [4.69, 9.17) is 0 Å². The molecule has 3 rings (SSSR count). The lowest BCUT2D eigenvalue weighted by molar-refractivity contribution is -0.144. The number of piperidine rings is 1. The molecule has 12 heteroatoms. The summed E-state index contributed by atoms with van der Waals surface area (Å²) in [7, 11) is 0. The molecule has 0 spiro atoms. The summed E-state index contributed by atoms with van der Waals surface area (Å²) in [5, 5.41) is 12.4. The minimum Gasteiger partial charge on any atom is -0.480 e. The number of benzene rings is 1. The molecule has 0 unspecified atom stereocenters. The van der Waals surface area contributed by atoms with Gasteiger partial charge in [0.1, 0.15) is 6.04 Å². The molecule has 2 N–H and O–H groups in total. The quantitative estimate of drug-likeness (QED) is 0.580. The maximum absolute atomic E-state index is 13.1. The number of carboxylic acid groups (broad SMARTS) is 1. The fourth-order valence-corrected chi connectivity index (χ4v) is 4.65. The van der Waals surface area contributed by atoms with Gasteiger partial charge in [-0.1, -0.05) is 6.92 Å². The highest BCUT2D eigenvalue weighted by Gasteiger charge is 2.41. The predicted molar refractivity (Wildman–Crippen MR) is 110 cm³/mol. The van der Waals surface area contributed by atoms with Gasteiger partial charge in [-0.2, -0.15) is 26.3 Å². The minimum atomic E-state index is -4.92. The second-order valence-electron chi connectivity index (χ2n) is 8.77. The monoisotopic (exact) mass is 495 g/mol. The van der Waals surface area contributed by atoms with E-state index in [0.29, 0.717) is 50.8 Å². The molecule has 190 valence electrons. The summed E-state index contributed by atoms with van der Waals surface area (Å²) in [6.07, 6.45) is -7.04. The molecule has 0 bridgehead atoms. The second-order valence-corrected chi connectivity index (χ2v) is 8.77. The second kappa shape index (κ2) is 10.0. The van der Waals surface area contributed by atoms with E-state index in [1.54, 1.807) is 4.90 Å². The van der Waals surface area contributed by atoms with Gasteiger partial charge in [0, 0.05) is 31.7 Å². The van der Waals surface area contributed by atoms with Crippen LogP contribution in [0.15, 0.2) is 18.2 Å². The zero-order valence-corrected chi connectivity index (χ0v) is 18.5. The first-order chi connectivity index (χ1) is 15.8. The van der Waals surface area contributed by atoms with Crippen molar-refractivity contribution >= 4 is 12.0 Å². The van der Waals surface area contributed by atoms with Gasteiger partial charge in [-0.3, -0.25) is 0 Å². The number of alkyl halides is 6. The number of carbonyl (C=O) groups is 2. The molecule has 0 radical (unpaired) electrons. The van der Waals surface area contributed by atoms with E-state index < -0.39 is 41.5 Å². The van der Waals surface area contributed by atoms with E-state index >= 15 is 0 Å². The number of aliphatic carboxylic acids is 1. The number of amides is 2. The number of rotatable bonds is 5. The van der Waals surface area contributed by atoms with Crippen LogP contribution in [0.1, 0.15) is 55.7 Å². The summed E-state index contributed by atoms with van der Waals surface area (Å²) < 4.78 is 78.6. The Bertz CT molecular complexity index is 873. The molecule has 2 saturated heterocycles. The third-order valence-electron chi connectivity index (χ3n) is 6.41. The first kappa shape index (κ1) is 26.1. The Morgan fingerprint density at radius 3 is 2.18 bits per heavy atom. The maximum Gasteiger partial charge on any atom is 0.416 e. The third-order valence-corrected chi connectivity index (χ3v) is 6.41. The van der Waals surface area contributed by atoms with Gasteiger partial charge < -0.3 is 20.2 Å². The number of hydrogen-bond donors (Lipinski definition) is 2. The number of halogens is 6. The number of hydrogen-bond acceptors (Lipinski definition) is 3. The molecule has 0 aliphatic carbocycles. The molecule has 2 heterocycles. The average molecular weight is 495 g/mol. The van der Waals surface area contributed by atoms with Crippen LogP contribution in [-0.2, 0) is 23.7 Å². The van der Waals surface area contributed by atoms with Crippen molar-refractivity contribution in [1.29, 1.82) is 0 Å². The Hall–Kier alpha value is -2.50. The van der Waals surface area contributed by atoms with Gasteiger partial charge >= 0.3 is 24.4 Å². The number of likely N-dealkylation sites (tertiary alicyclic amines) is 2. The van der Waals surface area contributed by atoms with Crippen molar-refractivity contribution in [3.8, 4) is 0 Å². The highest BCUT2D eigenvalue weighted by atomic mass is 19.4. The summed E-state index contributed by atoms with van der Waals surface area (Å²) in [5.41, 5.74) is -2.92. The van der Waals surface area contributed by atoms with E-state index in [1.165, 1.54) is 4.90 Å². The van der Waals surface area contributed by atoms with Crippen molar-refractivity contribution in [1.82, 2.24) is 15.1 Å². The molecule has 3 atom stereocenters. The van der Waals surface area contributed by atoms with Gasteiger partial charge in [0.25, 0.3) is 0 Å². The van der Waals surface area contributed by atoms with Crippen molar-refractivity contribution in [2.75, 3.05) is 13.1 Å². The lowest BCUT2D eigenvalue weighted by atomic mass is 10.0. The van der Waals surface area contributed by atoms with Crippen molar-refractivity contribution in [3.05, 3.63) is 34.9 Å². The van der Waals surface area contributed by atoms with Crippen LogP contribution in [0.2, 0.25) is 0 Å². The van der Waals surface area contributed by atoms with Crippen molar-refractivity contribution in [3.63, 3.8) is 0 Å². The number of nitrogens with zero attached hydrogens (tertiary/aromatic N) is 2. The van der Waals surface area contributed by atoms with Crippen LogP contribution < -0.4 is 5.32 Å². The normalized spacial score (nSPS) is 23.9. The van der Waals surface area contributed by atoms with E-state index in [2.05, 4.69) is 5.32 Å². The zero-order valence-electron chi connectivity index (χ0n) is 18.5. The lowest BCUT2D eigenvalue weighted by Gasteiger charge is -2.37. The Balaban J connectivity index is 1.72. The van der Waals surface area contributed by atoms with E-state index in [0.717, 1.165) is 0 Å². The summed E-state index contributed by atoms with van der Waals surface area (Å²) in [5.74, 6) is -1.07. The van der Waals surface area contributed by atoms with Gasteiger partial charge in [-0.05, 0) is 55.9 Å². The molecule has 2 amide bonds. The fraction of sp³-hybridized carbons (Fsp3) is 0.636. The van der Waals surface area contributed by atoms with Crippen LogP contribution in [0.25, 0.3) is 0 Å². The van der Waals surface area contributed by atoms with E-state index in [9.17, 15) is 41.0 Å². The van der Waals surface area contributed by atoms with Crippen LogP contribution in [0, 0.1) is 0 Å². The van der Waals surface area contributed by atoms with Crippen molar-refractivity contribution in [2.45, 2.75) is 76.1 Å². The molecule has 6 nitrogen and oxygen atoms in total. The molecule has 2 aliphatic heterocycles. The Morgan fingerprint density at radius 1 is 1.03 bits per heavy atom. The Kier molecular flexibility index (Phi) is 7.69. The van der Waals surface area contributed by atoms with Crippen molar-refractivity contribution < 1.29 is 41.0 Å². The SMILES string of the molecule is CC[C@@H]1C[C@H](NCc2cc(C(F)(F)F)cc(C(F)(F)F)c2)CN1C(=O)N1CCCC[C@@H]1C(=O)O. The number of urea groups is 1. The topological polar surface area (TPSA) is 72.9 Å². The molecule has 2 fully saturated rings. The maximum atomic E-state index is 13.1. The zero-order chi connectivity index (χ0) is 25.3. The fourth-order valence-electron chi connectivity index (χ4n) is 4.65. The van der Waals surface area contributed by atoms with Gasteiger partial charge in [0.2, 0.25) is 0 Å². The number of carboxylic acids is 1. The molecule has 2 aliphatic rings. The summed E-state index contributed by atoms with van der Waals surface area (Å²) >= 11 is 0. The molecular weight excluding hydrogens is 468 g/mol. The van der Waals surface area contributed by atoms with Crippen LogP contribution in [0.5, 0.6) is 0 Å². The number of carbonyl (C=O) groups excluding carboxylic acids is 1. The minimum absolute atomic E-state index is 0.0874. The molecule has 0 saturated carbocycles. The van der Waals surface area contributed by atoms with Gasteiger partial charge in [0.15, 0.2) is 0 Å². The number of nitrogens with one attached hydrogen (secondary N) is 1. The van der Waals surface area contributed by atoms with Crippen LogP contribution in [-0.4, -0.2) is 58.1 Å². The summed E-state index contributed by atoms with van der Waals surface area (Å²) in [4.78, 5) is 27.6. The smallest absolute Gasteiger partial charge is 0.416 e. The first-order valence-corrected chi connectivity index (χ1v) is 11.1. The third kappa shape index (κ3) is 5.94. The molecule has 0 aromatic heterocycles. The average Bonchev–Trinajstić information content (AvgIpc) is 3.19. The Morgan fingerprint density at radius 2 is 1.65 bits per heavy atom. The molecule has 1 aromatic carbocycles. The standard InChI is InChI=1S/C22H27F6N3O3/c1-2-17-10-16(12-31(17)20(34)30-6-4-3-5-18(30)19(32)33)29-11-13-7-14(21(23,24)25)9-15(8-13)22(26,27)28/h7-9,16-18,29H,2-6,10-12H2,1H3,(H,32,33)/t16-,17+,18+/m0/s1. The lowest BCUT2D eigenvalue weighted by Crippen LogP contribution is -2.54. The van der Waals surface area contributed by atoms with Crippen LogP contribution >= 0.6 is 0 Å². The summed E-state index contributed by atoms with van der Waals surface area (Å²) in [6.45, 7) is 2.13. The van der Waals surface area contributed by atoms with Crippen LogP contribution in [0.4, 0.5) is 31.1 Å². The van der Waals surface area contributed by atoms with E-state index in [-0.39, 0.29) is 36.8 Å². The highest BCUT2D eigenvalue weighted by molar-refractivity contribution is 5.83. The van der Waals surface area contributed by atoms with Crippen molar-refractivity contribution in [2.24, 2.45) is 0 Å². The van der Waals surface area contributed by atoms with Gasteiger partial charge in [0.05, 0.1) is 11.1 Å².